The standard InChI is InChI=1S/C22H22ClNO6S/c1-14-4-8-20(30-3)21(10-14)31(27,28)24-13-18(25)7-5-15(22(24)26)11-16-12-17(23)6-9-19(16)29-2/h4,6,8-12H,5,7,13H2,1-3H3/b15-11+. The van der Waals surface area contributed by atoms with E-state index in [1.54, 1.807) is 31.2 Å². The van der Waals surface area contributed by atoms with Gasteiger partial charge in [-0.15, -0.1) is 0 Å². The minimum atomic E-state index is -4.34. The van der Waals surface area contributed by atoms with Crippen LogP contribution in [0.4, 0.5) is 0 Å². The van der Waals surface area contributed by atoms with Crippen LogP contribution in [0.1, 0.15) is 24.0 Å². The maximum absolute atomic E-state index is 13.4. The second-order valence-electron chi connectivity index (χ2n) is 7.07. The molecule has 31 heavy (non-hydrogen) atoms. The number of methoxy groups -OCH3 is 2. The summed E-state index contributed by atoms with van der Waals surface area (Å²) in [5.41, 5.74) is 1.35. The van der Waals surface area contributed by atoms with Crippen molar-refractivity contribution in [3.05, 3.63) is 58.1 Å². The van der Waals surface area contributed by atoms with Crippen LogP contribution >= 0.6 is 11.6 Å². The Kier molecular flexibility index (Phi) is 6.71. The molecule has 2 aromatic carbocycles. The molecule has 0 unspecified atom stereocenters. The Bertz CT molecular complexity index is 1170. The van der Waals surface area contributed by atoms with Crippen LogP contribution < -0.4 is 9.47 Å². The number of nitrogens with zero attached hydrogens (tertiary/aromatic N) is 1. The average molecular weight is 464 g/mol. The summed E-state index contributed by atoms with van der Waals surface area (Å²) in [4.78, 5) is 25.5. The number of ether oxygens (including phenoxy) is 2. The zero-order valence-electron chi connectivity index (χ0n) is 17.3. The summed E-state index contributed by atoms with van der Waals surface area (Å²) >= 11 is 6.07. The number of hydrogen-bond donors (Lipinski definition) is 0. The lowest BCUT2D eigenvalue weighted by molar-refractivity contribution is -0.126. The highest BCUT2D eigenvalue weighted by Crippen LogP contribution is 2.32. The van der Waals surface area contributed by atoms with E-state index in [0.29, 0.717) is 26.2 Å². The van der Waals surface area contributed by atoms with E-state index < -0.39 is 22.5 Å². The first-order chi connectivity index (χ1) is 14.7. The van der Waals surface area contributed by atoms with Crippen molar-refractivity contribution >= 4 is 39.4 Å². The van der Waals surface area contributed by atoms with Crippen LogP contribution in [0.15, 0.2) is 46.9 Å². The molecule has 0 aliphatic carbocycles. The third kappa shape index (κ3) is 4.75. The molecule has 9 heteroatoms. The normalized spacial score (nSPS) is 16.4. The van der Waals surface area contributed by atoms with Gasteiger partial charge in [-0.25, -0.2) is 12.7 Å². The van der Waals surface area contributed by atoms with Gasteiger partial charge in [0, 0.05) is 22.6 Å². The number of aryl methyl sites for hydroxylation is 1. The molecule has 0 saturated carbocycles. The monoisotopic (exact) mass is 463 g/mol. The zero-order chi connectivity index (χ0) is 22.8. The van der Waals surface area contributed by atoms with E-state index in [0.717, 1.165) is 0 Å². The highest BCUT2D eigenvalue weighted by molar-refractivity contribution is 7.89. The number of ketones is 1. The molecule has 0 atom stereocenters. The number of hydrogen-bond acceptors (Lipinski definition) is 6. The quantitative estimate of drug-likeness (QED) is 0.629. The first-order valence-electron chi connectivity index (χ1n) is 9.45. The molecule has 0 radical (unpaired) electrons. The van der Waals surface area contributed by atoms with Crippen LogP contribution in [-0.2, 0) is 19.6 Å². The molecule has 1 aliphatic rings. The van der Waals surface area contributed by atoms with Crippen molar-refractivity contribution in [1.29, 1.82) is 0 Å². The van der Waals surface area contributed by atoms with Gasteiger partial charge in [0.2, 0.25) is 0 Å². The molecular weight excluding hydrogens is 442 g/mol. The first kappa shape index (κ1) is 22.8. The Hall–Kier alpha value is -2.84. The highest BCUT2D eigenvalue weighted by Gasteiger charge is 2.37. The van der Waals surface area contributed by atoms with Crippen LogP contribution in [0.3, 0.4) is 0 Å². The van der Waals surface area contributed by atoms with Gasteiger partial charge in [-0.1, -0.05) is 17.7 Å². The second-order valence-corrected chi connectivity index (χ2v) is 9.33. The predicted octanol–water partition coefficient (Wildman–Crippen LogP) is 3.63. The van der Waals surface area contributed by atoms with Crippen LogP contribution in [-0.4, -0.2) is 45.2 Å². The summed E-state index contributed by atoms with van der Waals surface area (Å²) in [5.74, 6) is -0.561. The zero-order valence-corrected chi connectivity index (χ0v) is 18.9. The van der Waals surface area contributed by atoms with Crippen molar-refractivity contribution in [2.45, 2.75) is 24.7 Å². The summed E-state index contributed by atoms with van der Waals surface area (Å²) < 4.78 is 37.9. The number of Topliss-reactive ketones (excluding diaryl/α,β-unsaturated/α-hetero) is 1. The number of rotatable bonds is 5. The van der Waals surface area contributed by atoms with E-state index in [1.807, 2.05) is 0 Å². The Labute approximate surface area is 186 Å². The van der Waals surface area contributed by atoms with Gasteiger partial charge in [0.15, 0.2) is 5.78 Å². The number of benzene rings is 2. The molecule has 1 saturated heterocycles. The van der Waals surface area contributed by atoms with E-state index >= 15 is 0 Å². The molecule has 1 aliphatic heterocycles. The summed E-state index contributed by atoms with van der Waals surface area (Å²) in [7, 11) is -1.52. The third-order valence-electron chi connectivity index (χ3n) is 4.90. The van der Waals surface area contributed by atoms with E-state index in [1.165, 1.54) is 32.4 Å². The topological polar surface area (TPSA) is 90.0 Å². The van der Waals surface area contributed by atoms with Crippen molar-refractivity contribution < 1.29 is 27.5 Å². The molecule has 0 aromatic heterocycles. The van der Waals surface area contributed by atoms with E-state index in [2.05, 4.69) is 0 Å². The molecule has 0 bridgehead atoms. The van der Waals surface area contributed by atoms with E-state index in [4.69, 9.17) is 21.1 Å². The lowest BCUT2D eigenvalue weighted by Crippen LogP contribution is -2.39. The Morgan fingerprint density at radius 1 is 1.00 bits per heavy atom. The van der Waals surface area contributed by atoms with Crippen molar-refractivity contribution in [2.24, 2.45) is 0 Å². The lowest BCUT2D eigenvalue weighted by atomic mass is 10.0. The molecule has 2 aromatic rings. The van der Waals surface area contributed by atoms with Gasteiger partial charge in [-0.05, 0) is 55.3 Å². The fourth-order valence-corrected chi connectivity index (χ4v) is 5.10. The molecule has 1 heterocycles. The molecule has 0 spiro atoms. The average Bonchev–Trinajstić information content (AvgIpc) is 2.87. The third-order valence-corrected chi connectivity index (χ3v) is 6.89. The first-order valence-corrected chi connectivity index (χ1v) is 11.3. The summed E-state index contributed by atoms with van der Waals surface area (Å²) in [6, 6.07) is 9.52. The number of sulfonamides is 1. The molecule has 164 valence electrons. The Morgan fingerprint density at radius 2 is 1.68 bits per heavy atom. The fraction of sp³-hybridized carbons (Fsp3) is 0.273. The largest absolute Gasteiger partial charge is 0.496 e. The van der Waals surface area contributed by atoms with Crippen molar-refractivity contribution in [2.75, 3.05) is 20.8 Å². The molecule has 0 N–H and O–H groups in total. The predicted molar refractivity (Wildman–Crippen MR) is 117 cm³/mol. The van der Waals surface area contributed by atoms with Crippen LogP contribution in [0, 0.1) is 6.92 Å². The van der Waals surface area contributed by atoms with Gasteiger partial charge >= 0.3 is 0 Å². The van der Waals surface area contributed by atoms with Gasteiger partial charge in [0.05, 0.1) is 20.8 Å². The second kappa shape index (κ2) is 9.11. The van der Waals surface area contributed by atoms with Crippen molar-refractivity contribution in [3.8, 4) is 11.5 Å². The van der Waals surface area contributed by atoms with Crippen LogP contribution in [0.25, 0.3) is 6.08 Å². The number of carbonyl (C=O) groups excluding carboxylic acids is 2. The fourth-order valence-electron chi connectivity index (χ4n) is 3.29. The summed E-state index contributed by atoms with van der Waals surface area (Å²) in [5, 5.41) is 0.429. The molecule has 3 rings (SSSR count). The number of halogens is 1. The summed E-state index contributed by atoms with van der Waals surface area (Å²) in [6.45, 7) is 1.19. The maximum atomic E-state index is 13.4. The van der Waals surface area contributed by atoms with Gasteiger partial charge in [0.1, 0.15) is 16.4 Å². The Balaban J connectivity index is 2.12. The lowest BCUT2D eigenvalue weighted by Gasteiger charge is -2.22. The SMILES string of the molecule is COc1ccc(Cl)cc1/C=C1\CCC(=O)CN(S(=O)(=O)c2cc(C)ccc2OC)C1=O. The molecule has 1 amide bonds. The van der Waals surface area contributed by atoms with Gasteiger partial charge < -0.3 is 9.47 Å². The smallest absolute Gasteiger partial charge is 0.270 e. The maximum Gasteiger partial charge on any atom is 0.270 e. The summed E-state index contributed by atoms with van der Waals surface area (Å²) in [6.07, 6.45) is 1.66. The van der Waals surface area contributed by atoms with Gasteiger partial charge in [-0.2, -0.15) is 0 Å². The molecule has 1 fully saturated rings. The Morgan fingerprint density at radius 3 is 2.35 bits per heavy atom. The minimum Gasteiger partial charge on any atom is -0.496 e. The van der Waals surface area contributed by atoms with E-state index in [-0.39, 0.29) is 34.8 Å². The van der Waals surface area contributed by atoms with Crippen molar-refractivity contribution in [3.63, 3.8) is 0 Å². The number of amides is 1. The molecule has 7 nitrogen and oxygen atoms in total. The van der Waals surface area contributed by atoms with Crippen LogP contribution in [0.2, 0.25) is 5.02 Å². The number of carbonyl (C=O) groups is 2. The molecular formula is C22H22ClNO6S. The van der Waals surface area contributed by atoms with Crippen molar-refractivity contribution in [1.82, 2.24) is 4.31 Å². The minimum absolute atomic E-state index is 0.0391. The van der Waals surface area contributed by atoms with Gasteiger partial charge in [-0.3, -0.25) is 9.59 Å². The van der Waals surface area contributed by atoms with E-state index in [9.17, 15) is 18.0 Å². The highest BCUT2D eigenvalue weighted by atomic mass is 35.5. The van der Waals surface area contributed by atoms with Gasteiger partial charge in [0.25, 0.3) is 15.9 Å². The van der Waals surface area contributed by atoms with Crippen LogP contribution in [0.5, 0.6) is 11.5 Å².